The largest absolute Gasteiger partial charge is 0.480 e. The number of hydrogen-bond acceptors (Lipinski definition) is 2. The van der Waals surface area contributed by atoms with Gasteiger partial charge in [0.1, 0.15) is 6.04 Å². The normalized spacial score (nSPS) is 12.5. The third kappa shape index (κ3) is 14.1. The standard InChI is InChI=1S/C18H37NO2/c1-3-5-7-9-11-13-15-17(18(20)21)19-16-14-12-10-8-6-4-2/h17,19H,3-16H2,1-2H3,(H,20,21). The fraction of sp³-hybridized carbons (Fsp3) is 0.944. The van der Waals surface area contributed by atoms with Crippen molar-refractivity contribution in [2.24, 2.45) is 0 Å². The fourth-order valence-corrected chi connectivity index (χ4v) is 2.62. The van der Waals surface area contributed by atoms with E-state index in [2.05, 4.69) is 19.2 Å². The van der Waals surface area contributed by atoms with Crippen LogP contribution in [0.15, 0.2) is 0 Å². The summed E-state index contributed by atoms with van der Waals surface area (Å²) in [6.07, 6.45) is 15.6. The number of carboxylic acid groups (broad SMARTS) is 1. The Hall–Kier alpha value is -0.570. The molecule has 0 bridgehead atoms. The van der Waals surface area contributed by atoms with Gasteiger partial charge in [-0.3, -0.25) is 4.79 Å². The molecule has 0 aliphatic carbocycles. The summed E-state index contributed by atoms with van der Waals surface area (Å²) in [5, 5.41) is 12.4. The van der Waals surface area contributed by atoms with Crippen molar-refractivity contribution in [2.45, 2.75) is 103 Å². The minimum absolute atomic E-state index is 0.341. The van der Waals surface area contributed by atoms with Crippen LogP contribution in [0.2, 0.25) is 0 Å². The number of rotatable bonds is 16. The molecule has 0 aromatic carbocycles. The number of hydrogen-bond donors (Lipinski definition) is 2. The number of unbranched alkanes of at least 4 members (excludes halogenated alkanes) is 10. The Morgan fingerprint density at radius 2 is 1.29 bits per heavy atom. The maximum Gasteiger partial charge on any atom is 0.320 e. The fourth-order valence-electron chi connectivity index (χ4n) is 2.62. The Balaban J connectivity index is 3.52. The molecular weight excluding hydrogens is 262 g/mol. The van der Waals surface area contributed by atoms with E-state index < -0.39 is 5.97 Å². The smallest absolute Gasteiger partial charge is 0.320 e. The van der Waals surface area contributed by atoms with Gasteiger partial charge in [-0.25, -0.2) is 0 Å². The van der Waals surface area contributed by atoms with E-state index in [1.165, 1.54) is 64.2 Å². The highest BCUT2D eigenvalue weighted by Gasteiger charge is 2.15. The molecule has 0 aliphatic heterocycles. The molecule has 0 radical (unpaired) electrons. The van der Waals surface area contributed by atoms with Crippen molar-refractivity contribution in [3.63, 3.8) is 0 Å². The Kier molecular flexibility index (Phi) is 15.4. The van der Waals surface area contributed by atoms with Gasteiger partial charge in [0, 0.05) is 0 Å². The monoisotopic (exact) mass is 299 g/mol. The van der Waals surface area contributed by atoms with Gasteiger partial charge >= 0.3 is 5.97 Å². The van der Waals surface area contributed by atoms with Gasteiger partial charge in [-0.15, -0.1) is 0 Å². The Morgan fingerprint density at radius 1 is 0.810 bits per heavy atom. The molecule has 126 valence electrons. The predicted octanol–water partition coefficient (Wildman–Crippen LogP) is 5.14. The molecule has 2 N–H and O–H groups in total. The highest BCUT2D eigenvalue weighted by molar-refractivity contribution is 5.73. The number of aliphatic carboxylic acids is 1. The summed E-state index contributed by atoms with van der Waals surface area (Å²) in [4.78, 5) is 11.2. The van der Waals surface area contributed by atoms with E-state index in [0.29, 0.717) is 0 Å². The molecule has 21 heavy (non-hydrogen) atoms. The van der Waals surface area contributed by atoms with E-state index in [1.807, 2.05) is 0 Å². The third-order valence-electron chi connectivity index (χ3n) is 4.07. The molecule has 0 aromatic rings. The summed E-state index contributed by atoms with van der Waals surface area (Å²) >= 11 is 0. The van der Waals surface area contributed by atoms with E-state index in [0.717, 1.165) is 25.8 Å². The Labute approximate surface area is 131 Å². The summed E-state index contributed by atoms with van der Waals surface area (Å²) in [5.41, 5.74) is 0. The van der Waals surface area contributed by atoms with Crippen LogP contribution in [0, 0.1) is 0 Å². The SMILES string of the molecule is CCCCCCCCNC(CCCCCCCC)C(=O)O. The van der Waals surface area contributed by atoms with Gasteiger partial charge in [0.25, 0.3) is 0 Å². The van der Waals surface area contributed by atoms with Crippen molar-refractivity contribution < 1.29 is 9.90 Å². The number of carbonyl (C=O) groups is 1. The van der Waals surface area contributed by atoms with Crippen LogP contribution in [-0.4, -0.2) is 23.7 Å². The molecule has 1 unspecified atom stereocenters. The molecule has 0 aromatic heterocycles. The summed E-state index contributed by atoms with van der Waals surface area (Å²) in [6, 6.07) is -0.341. The molecule has 0 fully saturated rings. The molecule has 3 heteroatoms. The average molecular weight is 299 g/mol. The maximum atomic E-state index is 11.2. The first kappa shape index (κ1) is 20.4. The van der Waals surface area contributed by atoms with Crippen molar-refractivity contribution in [2.75, 3.05) is 6.54 Å². The number of carboxylic acids is 1. The first-order valence-electron chi connectivity index (χ1n) is 9.18. The van der Waals surface area contributed by atoms with Gasteiger partial charge < -0.3 is 10.4 Å². The van der Waals surface area contributed by atoms with Gasteiger partial charge in [-0.1, -0.05) is 84.5 Å². The lowest BCUT2D eigenvalue weighted by Gasteiger charge is -2.14. The Bertz CT molecular complexity index is 231. The summed E-state index contributed by atoms with van der Waals surface area (Å²) in [6.45, 7) is 5.28. The summed E-state index contributed by atoms with van der Waals surface area (Å²) < 4.78 is 0. The average Bonchev–Trinajstić information content (AvgIpc) is 2.47. The molecule has 0 heterocycles. The zero-order chi connectivity index (χ0) is 15.8. The molecule has 1 atom stereocenters. The molecule has 0 saturated heterocycles. The lowest BCUT2D eigenvalue weighted by molar-refractivity contribution is -0.139. The van der Waals surface area contributed by atoms with Crippen molar-refractivity contribution in [1.29, 1.82) is 0 Å². The van der Waals surface area contributed by atoms with Crippen LogP contribution in [-0.2, 0) is 4.79 Å². The van der Waals surface area contributed by atoms with Gasteiger partial charge in [0.05, 0.1) is 0 Å². The highest BCUT2D eigenvalue weighted by Crippen LogP contribution is 2.09. The van der Waals surface area contributed by atoms with Crippen LogP contribution in [0.3, 0.4) is 0 Å². The van der Waals surface area contributed by atoms with Gasteiger partial charge in [0.2, 0.25) is 0 Å². The maximum absolute atomic E-state index is 11.2. The van der Waals surface area contributed by atoms with Crippen molar-refractivity contribution in [3.8, 4) is 0 Å². The van der Waals surface area contributed by atoms with E-state index in [1.54, 1.807) is 0 Å². The minimum atomic E-state index is -0.686. The molecule has 0 rings (SSSR count). The lowest BCUT2D eigenvalue weighted by atomic mass is 10.1. The van der Waals surface area contributed by atoms with E-state index in [-0.39, 0.29) is 6.04 Å². The predicted molar refractivity (Wildman–Crippen MR) is 90.8 cm³/mol. The van der Waals surface area contributed by atoms with Gasteiger partial charge in [-0.05, 0) is 19.4 Å². The molecular formula is C18H37NO2. The van der Waals surface area contributed by atoms with Crippen molar-refractivity contribution in [1.82, 2.24) is 5.32 Å². The molecule has 0 aliphatic rings. The molecule has 0 amide bonds. The third-order valence-corrected chi connectivity index (χ3v) is 4.07. The summed E-state index contributed by atoms with van der Waals surface area (Å²) in [7, 11) is 0. The van der Waals surface area contributed by atoms with E-state index in [9.17, 15) is 9.90 Å². The minimum Gasteiger partial charge on any atom is -0.480 e. The summed E-state index contributed by atoms with van der Waals surface area (Å²) in [5.74, 6) is -0.686. The van der Waals surface area contributed by atoms with Crippen LogP contribution in [0.1, 0.15) is 97.3 Å². The van der Waals surface area contributed by atoms with Crippen LogP contribution >= 0.6 is 0 Å². The topological polar surface area (TPSA) is 49.3 Å². The van der Waals surface area contributed by atoms with Crippen LogP contribution in [0.25, 0.3) is 0 Å². The number of nitrogens with one attached hydrogen (secondary N) is 1. The van der Waals surface area contributed by atoms with Gasteiger partial charge in [0.15, 0.2) is 0 Å². The zero-order valence-corrected chi connectivity index (χ0v) is 14.3. The highest BCUT2D eigenvalue weighted by atomic mass is 16.4. The lowest BCUT2D eigenvalue weighted by Crippen LogP contribution is -2.37. The zero-order valence-electron chi connectivity index (χ0n) is 14.3. The first-order valence-corrected chi connectivity index (χ1v) is 9.18. The van der Waals surface area contributed by atoms with E-state index in [4.69, 9.17) is 0 Å². The van der Waals surface area contributed by atoms with Crippen LogP contribution < -0.4 is 5.32 Å². The molecule has 0 saturated carbocycles. The second-order valence-corrected chi connectivity index (χ2v) is 6.17. The van der Waals surface area contributed by atoms with Gasteiger partial charge in [-0.2, -0.15) is 0 Å². The van der Waals surface area contributed by atoms with Crippen molar-refractivity contribution in [3.05, 3.63) is 0 Å². The van der Waals surface area contributed by atoms with Crippen LogP contribution in [0.5, 0.6) is 0 Å². The van der Waals surface area contributed by atoms with E-state index >= 15 is 0 Å². The quantitative estimate of drug-likeness (QED) is 0.388. The molecule has 3 nitrogen and oxygen atoms in total. The second kappa shape index (κ2) is 15.8. The molecule has 0 spiro atoms. The van der Waals surface area contributed by atoms with Crippen molar-refractivity contribution >= 4 is 5.97 Å². The second-order valence-electron chi connectivity index (χ2n) is 6.17. The van der Waals surface area contributed by atoms with Crippen LogP contribution in [0.4, 0.5) is 0 Å². The first-order chi connectivity index (χ1) is 10.2. The Morgan fingerprint density at radius 3 is 1.81 bits per heavy atom.